The van der Waals surface area contributed by atoms with Crippen molar-refractivity contribution in [1.82, 2.24) is 24.9 Å². The van der Waals surface area contributed by atoms with Crippen molar-refractivity contribution in [2.24, 2.45) is 0 Å². The highest BCUT2D eigenvalue weighted by atomic mass is 16.5. The second-order valence-electron chi connectivity index (χ2n) is 9.03. The number of hydrogen-bond donors (Lipinski definition) is 1. The molecule has 0 bridgehead atoms. The monoisotopic (exact) mass is 439 g/mol. The van der Waals surface area contributed by atoms with Crippen molar-refractivity contribution < 1.29 is 9.53 Å². The summed E-state index contributed by atoms with van der Waals surface area (Å²) < 4.78 is 7.39. The van der Waals surface area contributed by atoms with Crippen molar-refractivity contribution in [1.29, 1.82) is 0 Å². The van der Waals surface area contributed by atoms with Crippen LogP contribution in [-0.4, -0.2) is 78.4 Å². The molecular weight excluding hydrogens is 402 g/mol. The van der Waals surface area contributed by atoms with Crippen molar-refractivity contribution in [2.45, 2.75) is 51.6 Å². The number of hydrogen-bond acceptors (Lipinski definition) is 5. The number of carbonyl (C=O) groups is 1. The van der Waals surface area contributed by atoms with E-state index in [2.05, 4.69) is 41.0 Å². The molecule has 0 spiro atoms. The van der Waals surface area contributed by atoms with Gasteiger partial charge in [-0.15, -0.1) is 0 Å². The molecule has 2 aromatic rings. The highest BCUT2D eigenvalue weighted by Crippen LogP contribution is 2.26. The first-order chi connectivity index (χ1) is 15.6. The molecule has 1 atom stereocenters. The number of carbonyl (C=O) groups excluding carboxylic acids is 1. The van der Waals surface area contributed by atoms with Gasteiger partial charge in [0, 0.05) is 43.5 Å². The molecule has 1 aliphatic carbocycles. The average Bonchev–Trinajstić information content (AvgIpc) is 3.04. The molecule has 7 heteroatoms. The SMILES string of the molecule is CCn1nc(C(=O)N2CCCN(C)CC2)c2c1CCC(NCCc1cccc(OC)c1)C2. The number of aryl methyl sites for hydroxylation is 1. The number of methoxy groups -OCH3 is 1. The van der Waals surface area contributed by atoms with Gasteiger partial charge in [-0.05, 0) is 76.9 Å². The van der Waals surface area contributed by atoms with Crippen molar-refractivity contribution >= 4 is 5.91 Å². The molecule has 1 fully saturated rings. The number of nitrogens with zero attached hydrogens (tertiary/aromatic N) is 4. The first kappa shape index (κ1) is 22.8. The Hall–Kier alpha value is -2.38. The maximum atomic E-state index is 13.4. The van der Waals surface area contributed by atoms with Crippen molar-refractivity contribution in [3.8, 4) is 5.75 Å². The molecule has 1 aliphatic heterocycles. The number of ether oxygens (including phenoxy) is 1. The molecular formula is C25H37N5O2. The maximum absolute atomic E-state index is 13.4. The van der Waals surface area contributed by atoms with Gasteiger partial charge in [0.05, 0.1) is 7.11 Å². The molecule has 1 saturated heterocycles. The summed E-state index contributed by atoms with van der Waals surface area (Å²) in [7, 11) is 3.83. The maximum Gasteiger partial charge on any atom is 0.274 e. The first-order valence-corrected chi connectivity index (χ1v) is 12.0. The van der Waals surface area contributed by atoms with Gasteiger partial charge in [0.15, 0.2) is 5.69 Å². The summed E-state index contributed by atoms with van der Waals surface area (Å²) in [5.74, 6) is 1.01. The topological polar surface area (TPSA) is 62.6 Å². The molecule has 0 radical (unpaired) electrons. The number of fused-ring (bicyclic) bond motifs is 1. The minimum absolute atomic E-state index is 0.112. The number of rotatable bonds is 7. The Morgan fingerprint density at radius 1 is 1.25 bits per heavy atom. The molecule has 0 saturated carbocycles. The molecule has 32 heavy (non-hydrogen) atoms. The Bertz CT molecular complexity index is 925. The number of amides is 1. The van der Waals surface area contributed by atoms with Gasteiger partial charge in [0.2, 0.25) is 0 Å². The summed E-state index contributed by atoms with van der Waals surface area (Å²) in [5.41, 5.74) is 4.38. The fourth-order valence-corrected chi connectivity index (χ4v) is 4.94. The van der Waals surface area contributed by atoms with E-state index in [0.717, 1.165) is 77.1 Å². The molecule has 1 unspecified atom stereocenters. The number of nitrogens with one attached hydrogen (secondary N) is 1. The van der Waals surface area contributed by atoms with Crippen LogP contribution in [0.2, 0.25) is 0 Å². The van der Waals surface area contributed by atoms with E-state index < -0.39 is 0 Å². The van der Waals surface area contributed by atoms with Crippen LogP contribution in [0.15, 0.2) is 24.3 Å². The number of likely N-dealkylation sites (N-methyl/N-ethyl adjacent to an activating group) is 1. The van der Waals surface area contributed by atoms with Gasteiger partial charge < -0.3 is 19.9 Å². The van der Waals surface area contributed by atoms with Crippen LogP contribution in [0.25, 0.3) is 0 Å². The van der Waals surface area contributed by atoms with Crippen molar-refractivity contribution in [3.63, 3.8) is 0 Å². The lowest BCUT2D eigenvalue weighted by Crippen LogP contribution is -2.38. The van der Waals surface area contributed by atoms with Crippen LogP contribution in [-0.2, 0) is 25.8 Å². The summed E-state index contributed by atoms with van der Waals surface area (Å²) in [4.78, 5) is 17.7. The first-order valence-electron chi connectivity index (χ1n) is 12.0. The summed E-state index contributed by atoms with van der Waals surface area (Å²) in [6.07, 6.45) is 4.92. The normalized spacial score (nSPS) is 19.5. The van der Waals surface area contributed by atoms with E-state index in [-0.39, 0.29) is 5.91 Å². The summed E-state index contributed by atoms with van der Waals surface area (Å²) in [6.45, 7) is 7.41. The third-order valence-electron chi connectivity index (χ3n) is 6.84. The zero-order valence-corrected chi connectivity index (χ0v) is 19.8. The minimum atomic E-state index is 0.112. The quantitative estimate of drug-likeness (QED) is 0.718. The molecule has 174 valence electrons. The van der Waals surface area contributed by atoms with Crippen LogP contribution in [0.4, 0.5) is 0 Å². The Kier molecular flexibility index (Phi) is 7.48. The molecule has 2 heterocycles. The molecule has 1 amide bonds. The van der Waals surface area contributed by atoms with E-state index in [0.29, 0.717) is 11.7 Å². The largest absolute Gasteiger partial charge is 0.497 e. The average molecular weight is 440 g/mol. The van der Waals surface area contributed by atoms with Crippen LogP contribution in [0.3, 0.4) is 0 Å². The minimum Gasteiger partial charge on any atom is -0.497 e. The van der Waals surface area contributed by atoms with Gasteiger partial charge >= 0.3 is 0 Å². The number of benzene rings is 1. The molecule has 1 aromatic heterocycles. The van der Waals surface area contributed by atoms with E-state index in [9.17, 15) is 4.79 Å². The summed E-state index contributed by atoms with van der Waals surface area (Å²) >= 11 is 0. The second-order valence-corrected chi connectivity index (χ2v) is 9.03. The van der Waals surface area contributed by atoms with Gasteiger partial charge in [-0.2, -0.15) is 5.10 Å². The molecule has 1 aromatic carbocycles. The van der Waals surface area contributed by atoms with Crippen LogP contribution in [0.1, 0.15) is 47.1 Å². The van der Waals surface area contributed by atoms with Crippen LogP contribution in [0.5, 0.6) is 5.75 Å². The highest BCUT2D eigenvalue weighted by molar-refractivity contribution is 5.94. The zero-order valence-electron chi connectivity index (χ0n) is 19.8. The Labute approximate surface area is 191 Å². The Morgan fingerprint density at radius 2 is 2.12 bits per heavy atom. The van der Waals surface area contributed by atoms with Gasteiger partial charge in [0.25, 0.3) is 5.91 Å². The standard InChI is InChI=1S/C25H37N5O2/c1-4-30-23-10-9-20(26-12-11-19-7-5-8-21(17-19)32-3)18-22(23)24(27-30)25(31)29-14-6-13-28(2)15-16-29/h5,7-8,17,20,26H,4,6,9-16,18H2,1-3H3. The van der Waals surface area contributed by atoms with E-state index >= 15 is 0 Å². The lowest BCUT2D eigenvalue weighted by molar-refractivity contribution is 0.0754. The fraction of sp³-hybridized carbons (Fsp3) is 0.600. The van der Waals surface area contributed by atoms with E-state index in [1.165, 1.54) is 16.8 Å². The van der Waals surface area contributed by atoms with E-state index in [4.69, 9.17) is 9.84 Å². The van der Waals surface area contributed by atoms with Gasteiger partial charge in [-0.3, -0.25) is 9.48 Å². The van der Waals surface area contributed by atoms with Crippen LogP contribution in [0, 0.1) is 0 Å². The fourth-order valence-electron chi connectivity index (χ4n) is 4.94. The lowest BCUT2D eigenvalue weighted by atomic mass is 9.91. The zero-order chi connectivity index (χ0) is 22.5. The molecule has 1 N–H and O–H groups in total. The third kappa shape index (κ3) is 5.15. The second kappa shape index (κ2) is 10.5. The molecule has 2 aliphatic rings. The van der Waals surface area contributed by atoms with Gasteiger partial charge in [-0.1, -0.05) is 12.1 Å². The summed E-state index contributed by atoms with van der Waals surface area (Å²) in [5, 5.41) is 8.51. The predicted octanol–water partition coefficient (Wildman–Crippen LogP) is 2.38. The third-order valence-corrected chi connectivity index (χ3v) is 6.84. The molecule has 4 rings (SSSR count). The Balaban J connectivity index is 1.42. The number of aromatic nitrogens is 2. The smallest absolute Gasteiger partial charge is 0.274 e. The highest BCUT2D eigenvalue weighted by Gasteiger charge is 2.31. The molecule has 7 nitrogen and oxygen atoms in total. The lowest BCUT2D eigenvalue weighted by Gasteiger charge is -2.25. The van der Waals surface area contributed by atoms with Crippen LogP contribution >= 0.6 is 0 Å². The van der Waals surface area contributed by atoms with E-state index in [1.54, 1.807) is 7.11 Å². The van der Waals surface area contributed by atoms with Crippen molar-refractivity contribution in [3.05, 3.63) is 46.8 Å². The van der Waals surface area contributed by atoms with E-state index in [1.807, 2.05) is 17.0 Å². The predicted molar refractivity (Wildman–Crippen MR) is 126 cm³/mol. The van der Waals surface area contributed by atoms with Gasteiger partial charge in [-0.25, -0.2) is 0 Å². The van der Waals surface area contributed by atoms with Gasteiger partial charge in [0.1, 0.15) is 5.75 Å². The summed E-state index contributed by atoms with van der Waals surface area (Å²) in [6, 6.07) is 8.64. The van der Waals surface area contributed by atoms with Crippen LogP contribution < -0.4 is 10.1 Å². The Morgan fingerprint density at radius 3 is 2.94 bits per heavy atom. The van der Waals surface area contributed by atoms with Crippen molar-refractivity contribution in [2.75, 3.05) is 46.9 Å².